The average Bonchev–Trinajstić information content (AvgIpc) is 3.19. The van der Waals surface area contributed by atoms with Crippen LogP contribution in [0.5, 0.6) is 5.75 Å². The maximum atomic E-state index is 14.2. The lowest BCUT2D eigenvalue weighted by atomic mass is 10.3. The molecule has 10 heteroatoms. The van der Waals surface area contributed by atoms with Crippen LogP contribution >= 0.6 is 34.5 Å². The second-order valence-corrected chi connectivity index (χ2v) is 8.80. The summed E-state index contributed by atoms with van der Waals surface area (Å²) >= 11 is 13.3. The summed E-state index contributed by atoms with van der Waals surface area (Å²) < 4.78 is 25.9. The number of thiazole rings is 1. The van der Waals surface area contributed by atoms with Gasteiger partial charge in [-0.15, -0.1) is 0 Å². The van der Waals surface area contributed by atoms with E-state index in [-0.39, 0.29) is 18.0 Å². The van der Waals surface area contributed by atoms with Crippen molar-refractivity contribution in [1.29, 1.82) is 0 Å². The Balaban J connectivity index is 1.52. The van der Waals surface area contributed by atoms with Crippen LogP contribution in [0.2, 0.25) is 10.0 Å². The Hall–Kier alpha value is -1.97. The first-order valence-electron chi connectivity index (χ1n) is 9.74. The SMILES string of the molecule is O=C(COc1ccc(Cl)cc1Cl)N(CCN1CCOCC1)c1nc2c(F)cccc2s1. The number of carbonyl (C=O) groups excluding carboxylic acids is 1. The summed E-state index contributed by atoms with van der Waals surface area (Å²) in [6, 6.07) is 9.58. The molecule has 1 amide bonds. The molecule has 0 atom stereocenters. The van der Waals surface area contributed by atoms with Crippen molar-refractivity contribution < 1.29 is 18.7 Å². The highest BCUT2D eigenvalue weighted by atomic mass is 35.5. The van der Waals surface area contributed by atoms with Crippen LogP contribution in [-0.2, 0) is 9.53 Å². The minimum atomic E-state index is -0.412. The van der Waals surface area contributed by atoms with Gasteiger partial charge in [0.15, 0.2) is 11.7 Å². The van der Waals surface area contributed by atoms with Gasteiger partial charge in [0.1, 0.15) is 17.1 Å². The van der Waals surface area contributed by atoms with E-state index in [0.29, 0.717) is 51.9 Å². The number of morpholine rings is 1. The predicted molar refractivity (Wildman–Crippen MR) is 121 cm³/mol. The third kappa shape index (κ3) is 5.45. The van der Waals surface area contributed by atoms with Gasteiger partial charge in [-0.25, -0.2) is 9.37 Å². The second kappa shape index (κ2) is 10.1. The van der Waals surface area contributed by atoms with Gasteiger partial charge in [0.2, 0.25) is 0 Å². The molecule has 3 aromatic rings. The van der Waals surface area contributed by atoms with Crippen molar-refractivity contribution in [3.8, 4) is 5.75 Å². The van der Waals surface area contributed by atoms with Crippen molar-refractivity contribution in [3.63, 3.8) is 0 Å². The molecule has 0 bridgehead atoms. The second-order valence-electron chi connectivity index (χ2n) is 6.95. The highest BCUT2D eigenvalue weighted by Gasteiger charge is 2.23. The number of benzene rings is 2. The first-order chi connectivity index (χ1) is 15.0. The Bertz CT molecular complexity index is 1080. The molecule has 0 spiro atoms. The van der Waals surface area contributed by atoms with Crippen LogP contribution in [0.3, 0.4) is 0 Å². The van der Waals surface area contributed by atoms with Crippen LogP contribution in [0.15, 0.2) is 36.4 Å². The smallest absolute Gasteiger partial charge is 0.266 e. The van der Waals surface area contributed by atoms with Crippen molar-refractivity contribution in [2.75, 3.05) is 50.9 Å². The molecule has 1 saturated heterocycles. The van der Waals surface area contributed by atoms with Crippen molar-refractivity contribution in [2.24, 2.45) is 0 Å². The molecular weight excluding hydrogens is 464 g/mol. The molecule has 0 radical (unpaired) electrons. The number of ether oxygens (including phenoxy) is 2. The van der Waals surface area contributed by atoms with Crippen LogP contribution in [0.1, 0.15) is 0 Å². The molecule has 31 heavy (non-hydrogen) atoms. The van der Waals surface area contributed by atoms with E-state index >= 15 is 0 Å². The molecule has 1 aromatic heterocycles. The summed E-state index contributed by atoms with van der Waals surface area (Å²) in [7, 11) is 0. The Morgan fingerprint density at radius 2 is 2.06 bits per heavy atom. The molecule has 0 saturated carbocycles. The summed E-state index contributed by atoms with van der Waals surface area (Å²) in [5, 5.41) is 1.23. The third-order valence-corrected chi connectivity index (χ3v) is 6.45. The van der Waals surface area contributed by atoms with Gasteiger partial charge in [-0.3, -0.25) is 14.6 Å². The maximum Gasteiger partial charge on any atom is 0.266 e. The monoisotopic (exact) mass is 483 g/mol. The van der Waals surface area contributed by atoms with Gasteiger partial charge >= 0.3 is 0 Å². The number of aromatic nitrogens is 1. The first kappa shape index (κ1) is 22.2. The number of nitrogens with zero attached hydrogens (tertiary/aromatic N) is 3. The average molecular weight is 484 g/mol. The normalized spacial score (nSPS) is 14.7. The third-order valence-electron chi connectivity index (χ3n) is 4.88. The van der Waals surface area contributed by atoms with Crippen molar-refractivity contribution in [3.05, 3.63) is 52.3 Å². The van der Waals surface area contributed by atoms with Crippen LogP contribution in [-0.4, -0.2) is 61.8 Å². The van der Waals surface area contributed by atoms with E-state index in [1.54, 1.807) is 35.2 Å². The van der Waals surface area contributed by atoms with Crippen LogP contribution in [0, 0.1) is 5.82 Å². The largest absolute Gasteiger partial charge is 0.482 e. The van der Waals surface area contributed by atoms with Crippen molar-refractivity contribution in [1.82, 2.24) is 9.88 Å². The molecule has 1 aliphatic heterocycles. The molecular formula is C21H20Cl2FN3O3S. The van der Waals surface area contributed by atoms with Gasteiger partial charge in [-0.05, 0) is 30.3 Å². The van der Waals surface area contributed by atoms with Crippen LogP contribution in [0.25, 0.3) is 10.2 Å². The number of para-hydroxylation sites is 1. The van der Waals surface area contributed by atoms with Gasteiger partial charge in [0, 0.05) is 31.2 Å². The lowest BCUT2D eigenvalue weighted by molar-refractivity contribution is -0.120. The van der Waals surface area contributed by atoms with Crippen LogP contribution < -0.4 is 9.64 Å². The lowest BCUT2D eigenvalue weighted by Crippen LogP contribution is -2.44. The van der Waals surface area contributed by atoms with Gasteiger partial charge in [-0.2, -0.15) is 0 Å². The Morgan fingerprint density at radius 3 is 2.81 bits per heavy atom. The molecule has 2 aromatic carbocycles. The van der Waals surface area contributed by atoms with Gasteiger partial charge in [-0.1, -0.05) is 40.6 Å². The summed E-state index contributed by atoms with van der Waals surface area (Å²) in [4.78, 5) is 21.2. The molecule has 0 unspecified atom stereocenters. The maximum absolute atomic E-state index is 14.2. The summed E-state index contributed by atoms with van der Waals surface area (Å²) in [6.45, 7) is 3.74. The van der Waals surface area contributed by atoms with Gasteiger partial charge in [0.05, 0.1) is 22.9 Å². The highest BCUT2D eigenvalue weighted by Crippen LogP contribution is 2.31. The highest BCUT2D eigenvalue weighted by molar-refractivity contribution is 7.22. The Kier molecular flexibility index (Phi) is 7.24. The first-order valence-corrected chi connectivity index (χ1v) is 11.3. The minimum Gasteiger partial charge on any atom is -0.482 e. The fraction of sp³-hybridized carbons (Fsp3) is 0.333. The summed E-state index contributed by atoms with van der Waals surface area (Å²) in [5.41, 5.74) is 0.258. The van der Waals surface area contributed by atoms with Gasteiger partial charge < -0.3 is 9.47 Å². The fourth-order valence-electron chi connectivity index (χ4n) is 3.22. The summed E-state index contributed by atoms with van der Waals surface area (Å²) in [6.07, 6.45) is 0. The van der Waals surface area contributed by atoms with E-state index in [4.69, 9.17) is 32.7 Å². The van der Waals surface area contributed by atoms with E-state index in [0.717, 1.165) is 13.1 Å². The number of anilines is 1. The molecule has 2 heterocycles. The Morgan fingerprint density at radius 1 is 1.26 bits per heavy atom. The van der Waals surface area contributed by atoms with Gasteiger partial charge in [0.25, 0.3) is 5.91 Å². The van der Waals surface area contributed by atoms with E-state index in [1.807, 2.05) is 0 Å². The lowest BCUT2D eigenvalue weighted by Gasteiger charge is -2.29. The predicted octanol–water partition coefficient (Wildman–Crippen LogP) is 4.49. The molecule has 0 N–H and O–H groups in total. The number of rotatable bonds is 7. The zero-order valence-corrected chi connectivity index (χ0v) is 18.9. The number of fused-ring (bicyclic) bond motifs is 1. The molecule has 1 fully saturated rings. The number of halogens is 3. The van der Waals surface area contributed by atoms with E-state index in [1.165, 1.54) is 17.4 Å². The quantitative estimate of drug-likeness (QED) is 0.495. The van der Waals surface area contributed by atoms with E-state index < -0.39 is 5.82 Å². The van der Waals surface area contributed by atoms with E-state index in [9.17, 15) is 9.18 Å². The summed E-state index contributed by atoms with van der Waals surface area (Å²) in [5.74, 6) is -0.341. The zero-order chi connectivity index (χ0) is 21.8. The number of hydrogen-bond acceptors (Lipinski definition) is 6. The molecule has 0 aliphatic carbocycles. The molecule has 164 valence electrons. The molecule has 1 aliphatic rings. The van der Waals surface area contributed by atoms with E-state index in [2.05, 4.69) is 9.88 Å². The minimum absolute atomic E-state index is 0.233. The fourth-order valence-corrected chi connectivity index (χ4v) is 4.71. The topological polar surface area (TPSA) is 54.9 Å². The molecule has 6 nitrogen and oxygen atoms in total. The van der Waals surface area contributed by atoms with Crippen LogP contribution in [0.4, 0.5) is 9.52 Å². The number of carbonyl (C=O) groups is 1. The van der Waals surface area contributed by atoms with Crippen molar-refractivity contribution in [2.45, 2.75) is 0 Å². The number of amides is 1. The number of hydrogen-bond donors (Lipinski definition) is 0. The van der Waals surface area contributed by atoms with Crippen molar-refractivity contribution >= 4 is 55.8 Å². The zero-order valence-electron chi connectivity index (χ0n) is 16.5. The molecule has 4 rings (SSSR count). The standard InChI is InChI=1S/C21H20Cl2FN3O3S/c22-14-4-5-17(15(23)12-14)30-13-19(28)27(7-6-26-8-10-29-11-9-26)21-25-20-16(24)2-1-3-18(20)31-21/h1-5,12H,6-11,13H2. The Labute approximate surface area is 193 Å².